The second-order valence-corrected chi connectivity index (χ2v) is 3.22. The molecule has 0 aliphatic rings. The summed E-state index contributed by atoms with van der Waals surface area (Å²) in [6, 6.07) is 1.61. The Labute approximate surface area is 80.5 Å². The largest absolute Gasteiger partial charge is 0.474 e. The summed E-state index contributed by atoms with van der Waals surface area (Å²) in [6.45, 7) is 0. The Bertz CT molecular complexity index is 480. The van der Waals surface area contributed by atoms with Gasteiger partial charge in [-0.2, -0.15) is 4.98 Å². The number of fused-ring (bicyclic) bond motifs is 1. The van der Waals surface area contributed by atoms with Gasteiger partial charge in [-0.1, -0.05) is 0 Å². The second kappa shape index (κ2) is 2.81. The predicted molar refractivity (Wildman–Crippen MR) is 46.5 cm³/mol. The molecule has 2 aromatic heterocycles. The number of rotatable bonds is 1. The Kier molecular flexibility index (Phi) is 1.77. The fourth-order valence-corrected chi connectivity index (χ4v) is 1.20. The fourth-order valence-electron chi connectivity index (χ4n) is 0.887. The van der Waals surface area contributed by atoms with Crippen molar-refractivity contribution in [2.45, 2.75) is 0 Å². The molecule has 6 heteroatoms. The van der Waals surface area contributed by atoms with Crippen molar-refractivity contribution in [3.8, 4) is 0 Å². The molecule has 0 unspecified atom stereocenters. The van der Waals surface area contributed by atoms with Gasteiger partial charge < -0.3 is 9.52 Å². The molecule has 5 nitrogen and oxygen atoms in total. The van der Waals surface area contributed by atoms with Gasteiger partial charge >= 0.3 is 11.9 Å². The van der Waals surface area contributed by atoms with Crippen LogP contribution in [0.25, 0.3) is 11.2 Å². The Morgan fingerprint density at radius 3 is 3.08 bits per heavy atom. The van der Waals surface area contributed by atoms with Gasteiger partial charge in [-0.3, -0.25) is 0 Å². The van der Waals surface area contributed by atoms with Crippen molar-refractivity contribution in [2.75, 3.05) is 0 Å². The van der Waals surface area contributed by atoms with Crippen LogP contribution in [0.15, 0.2) is 21.2 Å². The van der Waals surface area contributed by atoms with Crippen LogP contribution < -0.4 is 0 Å². The van der Waals surface area contributed by atoms with Gasteiger partial charge in [0.25, 0.3) is 0 Å². The van der Waals surface area contributed by atoms with E-state index in [-0.39, 0.29) is 5.89 Å². The summed E-state index contributed by atoms with van der Waals surface area (Å²) < 4.78 is 5.62. The molecule has 0 atom stereocenters. The van der Waals surface area contributed by atoms with Crippen LogP contribution in [0.4, 0.5) is 0 Å². The highest BCUT2D eigenvalue weighted by molar-refractivity contribution is 9.10. The molecular formula is C7H3BrN2O3. The van der Waals surface area contributed by atoms with Crippen LogP contribution in [0.5, 0.6) is 0 Å². The van der Waals surface area contributed by atoms with Gasteiger partial charge in [0.05, 0.1) is 0 Å². The molecule has 66 valence electrons. The summed E-state index contributed by atoms with van der Waals surface area (Å²) in [6.07, 6.45) is 1.52. The molecule has 2 aromatic rings. The van der Waals surface area contributed by atoms with Gasteiger partial charge in [0, 0.05) is 16.7 Å². The SMILES string of the molecule is O=C(O)c1nc2ncc(Br)cc2o1. The average Bonchev–Trinajstić information content (AvgIpc) is 2.46. The molecule has 1 N–H and O–H groups in total. The first kappa shape index (κ1) is 8.18. The molecule has 2 heterocycles. The third-order valence-electron chi connectivity index (χ3n) is 1.40. The summed E-state index contributed by atoms with van der Waals surface area (Å²) in [5, 5.41) is 8.56. The molecule has 0 amide bonds. The number of hydrogen-bond acceptors (Lipinski definition) is 4. The summed E-state index contributed by atoms with van der Waals surface area (Å²) in [5.41, 5.74) is 0.646. The third kappa shape index (κ3) is 1.40. The van der Waals surface area contributed by atoms with E-state index in [2.05, 4.69) is 25.9 Å². The lowest BCUT2D eigenvalue weighted by Crippen LogP contribution is -1.94. The molecular weight excluding hydrogens is 240 g/mol. The topological polar surface area (TPSA) is 76.2 Å². The smallest absolute Gasteiger partial charge is 0.392 e. The van der Waals surface area contributed by atoms with Gasteiger partial charge in [-0.25, -0.2) is 9.78 Å². The first-order valence-electron chi connectivity index (χ1n) is 3.32. The number of pyridine rings is 1. The van der Waals surface area contributed by atoms with E-state index in [4.69, 9.17) is 9.52 Å². The number of carboxylic acid groups (broad SMARTS) is 1. The van der Waals surface area contributed by atoms with Crippen molar-refractivity contribution < 1.29 is 14.3 Å². The lowest BCUT2D eigenvalue weighted by Gasteiger charge is -1.85. The van der Waals surface area contributed by atoms with E-state index >= 15 is 0 Å². The number of carbonyl (C=O) groups is 1. The molecule has 0 radical (unpaired) electrons. The van der Waals surface area contributed by atoms with Crippen LogP contribution in [0.1, 0.15) is 10.7 Å². The minimum Gasteiger partial charge on any atom is -0.474 e. The highest BCUT2D eigenvalue weighted by Crippen LogP contribution is 2.17. The standard InChI is InChI=1S/C7H3BrN2O3/c8-3-1-4-5(9-2-3)10-6(13-4)7(11)12/h1-2H,(H,11,12). The zero-order chi connectivity index (χ0) is 9.42. The van der Waals surface area contributed by atoms with Crippen molar-refractivity contribution in [3.63, 3.8) is 0 Å². The first-order chi connectivity index (χ1) is 6.16. The summed E-state index contributed by atoms with van der Waals surface area (Å²) in [5.74, 6) is -1.55. The van der Waals surface area contributed by atoms with E-state index in [0.29, 0.717) is 15.7 Å². The number of carboxylic acids is 1. The van der Waals surface area contributed by atoms with Gasteiger partial charge in [-0.15, -0.1) is 0 Å². The van der Waals surface area contributed by atoms with Crippen LogP contribution in [-0.4, -0.2) is 21.0 Å². The second-order valence-electron chi connectivity index (χ2n) is 2.30. The van der Waals surface area contributed by atoms with Crippen LogP contribution >= 0.6 is 15.9 Å². The fraction of sp³-hybridized carbons (Fsp3) is 0. The maximum atomic E-state index is 10.5. The Hall–Kier alpha value is -1.43. The quantitative estimate of drug-likeness (QED) is 0.824. The predicted octanol–water partition coefficient (Wildman–Crippen LogP) is 1.68. The number of halogens is 1. The zero-order valence-corrected chi connectivity index (χ0v) is 7.78. The highest BCUT2D eigenvalue weighted by Gasteiger charge is 2.12. The van der Waals surface area contributed by atoms with E-state index in [1.165, 1.54) is 6.20 Å². The van der Waals surface area contributed by atoms with Crippen molar-refractivity contribution in [2.24, 2.45) is 0 Å². The summed E-state index contributed by atoms with van der Waals surface area (Å²) in [4.78, 5) is 18.0. The van der Waals surface area contributed by atoms with Crippen LogP contribution in [0.3, 0.4) is 0 Å². The molecule has 0 spiro atoms. The van der Waals surface area contributed by atoms with E-state index in [1.54, 1.807) is 6.07 Å². The van der Waals surface area contributed by atoms with E-state index in [0.717, 1.165) is 0 Å². The molecule has 0 saturated heterocycles. The van der Waals surface area contributed by atoms with Gasteiger partial charge in [0.1, 0.15) is 0 Å². The van der Waals surface area contributed by atoms with Gasteiger partial charge in [-0.05, 0) is 15.9 Å². The average molecular weight is 243 g/mol. The third-order valence-corrected chi connectivity index (χ3v) is 1.83. The lowest BCUT2D eigenvalue weighted by molar-refractivity contribution is 0.0656. The molecule has 0 aliphatic heterocycles. The molecule has 0 saturated carbocycles. The highest BCUT2D eigenvalue weighted by atomic mass is 79.9. The minimum atomic E-state index is -1.20. The maximum Gasteiger partial charge on any atom is 0.392 e. The normalized spacial score (nSPS) is 10.5. The Balaban J connectivity index is 2.68. The maximum absolute atomic E-state index is 10.5. The summed E-state index contributed by atoms with van der Waals surface area (Å²) >= 11 is 3.18. The van der Waals surface area contributed by atoms with E-state index in [1.807, 2.05) is 0 Å². The van der Waals surface area contributed by atoms with Crippen LogP contribution in [-0.2, 0) is 0 Å². The van der Waals surface area contributed by atoms with Crippen molar-refractivity contribution >= 4 is 33.1 Å². The molecule has 0 aliphatic carbocycles. The van der Waals surface area contributed by atoms with Gasteiger partial charge in [0.15, 0.2) is 11.2 Å². The molecule has 13 heavy (non-hydrogen) atoms. The number of aromatic carboxylic acids is 1. The monoisotopic (exact) mass is 242 g/mol. The van der Waals surface area contributed by atoms with Gasteiger partial charge in [0.2, 0.25) is 0 Å². The lowest BCUT2D eigenvalue weighted by atomic mass is 10.5. The van der Waals surface area contributed by atoms with Crippen LogP contribution in [0.2, 0.25) is 0 Å². The Morgan fingerprint density at radius 1 is 1.62 bits per heavy atom. The number of hydrogen-bond donors (Lipinski definition) is 1. The Morgan fingerprint density at radius 2 is 2.38 bits per heavy atom. The molecule has 2 rings (SSSR count). The number of aromatic nitrogens is 2. The molecule has 0 aromatic carbocycles. The minimum absolute atomic E-state index is 0.292. The first-order valence-corrected chi connectivity index (χ1v) is 4.11. The van der Waals surface area contributed by atoms with Crippen molar-refractivity contribution in [3.05, 3.63) is 22.6 Å². The van der Waals surface area contributed by atoms with Crippen molar-refractivity contribution in [1.29, 1.82) is 0 Å². The van der Waals surface area contributed by atoms with E-state index in [9.17, 15) is 4.79 Å². The van der Waals surface area contributed by atoms with Crippen molar-refractivity contribution in [1.82, 2.24) is 9.97 Å². The van der Waals surface area contributed by atoms with E-state index < -0.39 is 5.97 Å². The number of nitrogens with zero attached hydrogens (tertiary/aromatic N) is 2. The van der Waals surface area contributed by atoms with Crippen LogP contribution in [0, 0.1) is 0 Å². The summed E-state index contributed by atoms with van der Waals surface area (Å²) in [7, 11) is 0. The molecule has 0 fully saturated rings. The number of oxazole rings is 1. The molecule has 0 bridgehead atoms. The zero-order valence-electron chi connectivity index (χ0n) is 6.19.